The summed E-state index contributed by atoms with van der Waals surface area (Å²) in [6, 6.07) is 0.879. The van der Waals surface area contributed by atoms with Crippen LogP contribution in [0.2, 0.25) is 0 Å². The van der Waals surface area contributed by atoms with E-state index in [0.29, 0.717) is 6.04 Å². The van der Waals surface area contributed by atoms with Crippen molar-refractivity contribution in [1.82, 2.24) is 10.2 Å². The van der Waals surface area contributed by atoms with Crippen LogP contribution in [-0.2, 0) is 0 Å². The number of rotatable bonds is 7. The third-order valence-electron chi connectivity index (χ3n) is 2.57. The van der Waals surface area contributed by atoms with Gasteiger partial charge in [-0.25, -0.2) is 0 Å². The first-order valence-electron chi connectivity index (χ1n) is 5.51. The van der Waals surface area contributed by atoms with Gasteiger partial charge in [0, 0.05) is 6.04 Å². The minimum Gasteiger partial charge on any atom is -0.304 e. The lowest BCUT2D eigenvalue weighted by Gasteiger charge is -2.21. The molecular weight excluding hydrogens is 172 g/mol. The fraction of sp³-hybridized carbons (Fsp3) is 0.833. The Morgan fingerprint density at radius 3 is 2.50 bits per heavy atom. The third kappa shape index (κ3) is 6.01. The fourth-order valence-corrected chi connectivity index (χ4v) is 1.18. The first-order valence-corrected chi connectivity index (χ1v) is 5.51. The molecule has 2 heteroatoms. The van der Waals surface area contributed by atoms with E-state index < -0.39 is 0 Å². The SMILES string of the molecule is C#CC(CC)NCCCN(C)C(C)C. The Bertz CT molecular complexity index is 170. The maximum Gasteiger partial charge on any atom is 0.0684 e. The van der Waals surface area contributed by atoms with Crippen LogP contribution in [0.3, 0.4) is 0 Å². The van der Waals surface area contributed by atoms with Crippen LogP contribution in [0, 0.1) is 12.3 Å². The van der Waals surface area contributed by atoms with Gasteiger partial charge in [0.25, 0.3) is 0 Å². The topological polar surface area (TPSA) is 15.3 Å². The second-order valence-corrected chi connectivity index (χ2v) is 4.01. The van der Waals surface area contributed by atoms with Crippen LogP contribution in [0.4, 0.5) is 0 Å². The van der Waals surface area contributed by atoms with Gasteiger partial charge in [0.15, 0.2) is 0 Å². The number of hydrogen-bond acceptors (Lipinski definition) is 2. The molecule has 0 bridgehead atoms. The van der Waals surface area contributed by atoms with Crippen molar-refractivity contribution in [2.75, 3.05) is 20.1 Å². The number of terminal acetylenes is 1. The van der Waals surface area contributed by atoms with E-state index in [9.17, 15) is 0 Å². The van der Waals surface area contributed by atoms with Gasteiger partial charge in [-0.3, -0.25) is 0 Å². The van der Waals surface area contributed by atoms with Crippen molar-refractivity contribution in [1.29, 1.82) is 0 Å². The van der Waals surface area contributed by atoms with E-state index in [-0.39, 0.29) is 6.04 Å². The summed E-state index contributed by atoms with van der Waals surface area (Å²) < 4.78 is 0. The molecule has 0 saturated carbocycles. The molecule has 0 heterocycles. The molecule has 0 aliphatic heterocycles. The highest BCUT2D eigenvalue weighted by molar-refractivity contribution is 4.97. The molecular formula is C12H24N2. The van der Waals surface area contributed by atoms with Crippen molar-refractivity contribution in [3.8, 4) is 12.3 Å². The largest absolute Gasteiger partial charge is 0.304 e. The smallest absolute Gasteiger partial charge is 0.0684 e. The van der Waals surface area contributed by atoms with E-state index in [4.69, 9.17) is 6.42 Å². The highest BCUT2D eigenvalue weighted by atomic mass is 15.1. The standard InChI is InChI=1S/C12H24N2/c1-6-12(7-2)13-9-8-10-14(5)11(3)4/h1,11-13H,7-10H2,2-5H3. The van der Waals surface area contributed by atoms with Crippen LogP contribution in [-0.4, -0.2) is 37.1 Å². The third-order valence-corrected chi connectivity index (χ3v) is 2.57. The normalized spacial score (nSPS) is 13.2. The van der Waals surface area contributed by atoms with Crippen LogP contribution in [0.1, 0.15) is 33.6 Å². The summed E-state index contributed by atoms with van der Waals surface area (Å²) in [6.45, 7) is 8.68. The first-order chi connectivity index (χ1) is 6.61. The number of nitrogens with one attached hydrogen (secondary N) is 1. The quantitative estimate of drug-likeness (QED) is 0.493. The summed E-state index contributed by atoms with van der Waals surface area (Å²) in [5, 5.41) is 3.35. The van der Waals surface area contributed by atoms with Gasteiger partial charge in [0.1, 0.15) is 0 Å². The minimum absolute atomic E-state index is 0.249. The molecule has 0 rings (SSSR count). The zero-order valence-corrected chi connectivity index (χ0v) is 10.0. The highest BCUT2D eigenvalue weighted by Crippen LogP contribution is 1.95. The molecule has 0 fully saturated rings. The lowest BCUT2D eigenvalue weighted by atomic mass is 10.2. The molecule has 0 aromatic rings. The maximum absolute atomic E-state index is 5.35. The molecule has 2 nitrogen and oxygen atoms in total. The summed E-state index contributed by atoms with van der Waals surface area (Å²) in [6.07, 6.45) is 7.52. The molecule has 0 aromatic carbocycles. The van der Waals surface area contributed by atoms with Crippen molar-refractivity contribution in [3.63, 3.8) is 0 Å². The van der Waals surface area contributed by atoms with Gasteiger partial charge in [-0.1, -0.05) is 12.8 Å². The van der Waals surface area contributed by atoms with Crippen molar-refractivity contribution in [3.05, 3.63) is 0 Å². The van der Waals surface area contributed by atoms with Crippen molar-refractivity contribution >= 4 is 0 Å². The Balaban J connectivity index is 3.42. The fourth-order valence-electron chi connectivity index (χ4n) is 1.18. The van der Waals surface area contributed by atoms with Gasteiger partial charge < -0.3 is 10.2 Å². The predicted molar refractivity (Wildman–Crippen MR) is 63.3 cm³/mol. The van der Waals surface area contributed by atoms with Gasteiger partial charge in [0.05, 0.1) is 6.04 Å². The van der Waals surface area contributed by atoms with Crippen LogP contribution < -0.4 is 5.32 Å². The van der Waals surface area contributed by atoms with E-state index >= 15 is 0 Å². The predicted octanol–water partition coefficient (Wildman–Crippen LogP) is 1.72. The molecule has 0 spiro atoms. The molecule has 1 unspecified atom stereocenters. The van der Waals surface area contributed by atoms with Crippen LogP contribution in [0.25, 0.3) is 0 Å². The van der Waals surface area contributed by atoms with Gasteiger partial charge in [-0.05, 0) is 46.8 Å². The van der Waals surface area contributed by atoms with Crippen LogP contribution in [0.15, 0.2) is 0 Å². The highest BCUT2D eigenvalue weighted by Gasteiger charge is 2.03. The van der Waals surface area contributed by atoms with Gasteiger partial charge in [-0.15, -0.1) is 6.42 Å². The molecule has 0 aromatic heterocycles. The molecule has 82 valence electrons. The van der Waals surface area contributed by atoms with E-state index in [2.05, 4.69) is 44.0 Å². The molecule has 0 amide bonds. The van der Waals surface area contributed by atoms with Crippen molar-refractivity contribution < 1.29 is 0 Å². The molecule has 0 aliphatic carbocycles. The van der Waals surface area contributed by atoms with Crippen LogP contribution >= 0.6 is 0 Å². The lowest BCUT2D eigenvalue weighted by Crippen LogP contribution is -2.32. The Kier molecular flexibility index (Phi) is 7.55. The average Bonchev–Trinajstić information content (AvgIpc) is 2.17. The average molecular weight is 196 g/mol. The summed E-state index contributed by atoms with van der Waals surface area (Å²) >= 11 is 0. The molecule has 14 heavy (non-hydrogen) atoms. The van der Waals surface area contributed by atoms with Crippen molar-refractivity contribution in [2.45, 2.75) is 45.7 Å². The molecule has 0 saturated heterocycles. The lowest BCUT2D eigenvalue weighted by molar-refractivity contribution is 0.268. The van der Waals surface area contributed by atoms with Crippen molar-refractivity contribution in [2.24, 2.45) is 0 Å². The zero-order valence-electron chi connectivity index (χ0n) is 10.0. The van der Waals surface area contributed by atoms with Crippen LogP contribution in [0.5, 0.6) is 0 Å². The summed E-state index contributed by atoms with van der Waals surface area (Å²) in [4.78, 5) is 2.35. The minimum atomic E-state index is 0.249. The summed E-state index contributed by atoms with van der Waals surface area (Å²) in [5.41, 5.74) is 0. The first kappa shape index (κ1) is 13.5. The maximum atomic E-state index is 5.35. The van der Waals surface area contributed by atoms with Gasteiger partial charge >= 0.3 is 0 Å². The molecule has 0 aliphatic rings. The monoisotopic (exact) mass is 196 g/mol. The Hall–Kier alpha value is -0.520. The molecule has 1 N–H and O–H groups in total. The van der Waals surface area contributed by atoms with E-state index in [1.165, 1.54) is 0 Å². The second-order valence-electron chi connectivity index (χ2n) is 4.01. The van der Waals surface area contributed by atoms with Gasteiger partial charge in [-0.2, -0.15) is 0 Å². The Morgan fingerprint density at radius 1 is 1.43 bits per heavy atom. The van der Waals surface area contributed by atoms with E-state index in [0.717, 1.165) is 25.9 Å². The van der Waals surface area contributed by atoms with Gasteiger partial charge in [0.2, 0.25) is 0 Å². The van der Waals surface area contributed by atoms with E-state index in [1.54, 1.807) is 0 Å². The Morgan fingerprint density at radius 2 is 2.07 bits per heavy atom. The molecule has 0 radical (unpaired) electrons. The number of hydrogen-bond donors (Lipinski definition) is 1. The summed E-state index contributed by atoms with van der Waals surface area (Å²) in [5.74, 6) is 2.74. The Labute approximate surface area is 89.1 Å². The molecule has 1 atom stereocenters. The van der Waals surface area contributed by atoms with E-state index in [1.807, 2.05) is 0 Å². The zero-order chi connectivity index (χ0) is 11.0. The number of nitrogens with zero attached hydrogens (tertiary/aromatic N) is 1. The second kappa shape index (κ2) is 7.84. The summed E-state index contributed by atoms with van der Waals surface area (Å²) in [7, 11) is 2.16.